The van der Waals surface area contributed by atoms with Crippen molar-refractivity contribution >= 4 is 58.2 Å². The third-order valence-electron chi connectivity index (χ3n) is 4.35. The zero-order valence-corrected chi connectivity index (χ0v) is 20.7. The molecule has 3 N–H and O–H groups in total. The summed E-state index contributed by atoms with van der Waals surface area (Å²) in [7, 11) is 0. The van der Waals surface area contributed by atoms with Gasteiger partial charge in [-0.2, -0.15) is 13.2 Å². The van der Waals surface area contributed by atoms with Crippen LogP contribution in [0.2, 0.25) is 20.1 Å². The largest absolute Gasteiger partial charge is 0.444 e. The van der Waals surface area contributed by atoms with E-state index in [1.54, 1.807) is 20.8 Å². The van der Waals surface area contributed by atoms with Gasteiger partial charge in [0, 0.05) is 17.3 Å². The number of halogens is 7. The van der Waals surface area contributed by atoms with Crippen molar-refractivity contribution < 1.29 is 27.8 Å². The number of hydrogen-bond donors (Lipinski definition) is 3. The van der Waals surface area contributed by atoms with Crippen molar-refractivity contribution in [3.8, 4) is 0 Å². The van der Waals surface area contributed by atoms with Gasteiger partial charge in [0.2, 0.25) is 5.60 Å². The number of ether oxygens (including phenoxy) is 1. The van der Waals surface area contributed by atoms with Crippen molar-refractivity contribution in [2.75, 3.05) is 11.9 Å². The van der Waals surface area contributed by atoms with E-state index in [-0.39, 0.29) is 32.3 Å². The van der Waals surface area contributed by atoms with E-state index in [4.69, 9.17) is 51.1 Å². The average molecular weight is 548 g/mol. The lowest BCUT2D eigenvalue weighted by Gasteiger charge is -2.32. The van der Waals surface area contributed by atoms with E-state index in [0.717, 1.165) is 12.1 Å². The van der Waals surface area contributed by atoms with Gasteiger partial charge in [0.15, 0.2) is 0 Å². The predicted octanol–water partition coefficient (Wildman–Crippen LogP) is 7.19. The molecule has 0 aliphatic rings. The van der Waals surface area contributed by atoms with Gasteiger partial charge >= 0.3 is 12.3 Å². The van der Waals surface area contributed by atoms with Crippen molar-refractivity contribution in [3.05, 3.63) is 61.5 Å². The van der Waals surface area contributed by atoms with Gasteiger partial charge in [-0.25, -0.2) is 4.79 Å². The van der Waals surface area contributed by atoms with E-state index >= 15 is 0 Å². The van der Waals surface area contributed by atoms with Crippen LogP contribution in [0.5, 0.6) is 0 Å². The summed E-state index contributed by atoms with van der Waals surface area (Å²) >= 11 is 23.7. The molecule has 12 heteroatoms. The van der Waals surface area contributed by atoms with Crippen LogP contribution in [-0.2, 0) is 16.9 Å². The Labute approximate surface area is 209 Å². The molecule has 33 heavy (non-hydrogen) atoms. The Balaban J connectivity index is 2.17. The maximum absolute atomic E-state index is 13.8. The molecule has 0 unspecified atom stereocenters. The van der Waals surface area contributed by atoms with E-state index in [1.807, 2.05) is 0 Å². The summed E-state index contributed by atoms with van der Waals surface area (Å²) in [4.78, 5) is 11.8. The summed E-state index contributed by atoms with van der Waals surface area (Å²) in [6.45, 7) is 4.23. The number of alkyl carbamates (subject to hydrolysis) is 1. The van der Waals surface area contributed by atoms with Crippen molar-refractivity contribution in [2.24, 2.45) is 0 Å². The summed E-state index contributed by atoms with van der Waals surface area (Å²) in [5, 5.41) is 15.2. The second kappa shape index (κ2) is 10.4. The first-order chi connectivity index (χ1) is 15.0. The van der Waals surface area contributed by atoms with Crippen LogP contribution in [0.25, 0.3) is 0 Å². The molecule has 0 saturated heterocycles. The average Bonchev–Trinajstić information content (AvgIpc) is 2.66. The lowest BCUT2D eigenvalue weighted by atomic mass is 9.92. The molecule has 2 rings (SSSR count). The third-order valence-corrected chi connectivity index (χ3v) is 5.90. The molecule has 1 amide bonds. The van der Waals surface area contributed by atoms with Gasteiger partial charge in [0.1, 0.15) is 5.60 Å². The van der Waals surface area contributed by atoms with Gasteiger partial charge in [0.05, 0.1) is 21.6 Å². The van der Waals surface area contributed by atoms with E-state index in [9.17, 15) is 23.1 Å². The van der Waals surface area contributed by atoms with Crippen molar-refractivity contribution in [3.63, 3.8) is 0 Å². The van der Waals surface area contributed by atoms with Gasteiger partial charge in [-0.3, -0.25) is 0 Å². The molecule has 0 radical (unpaired) electrons. The van der Waals surface area contributed by atoms with Crippen LogP contribution in [-0.4, -0.2) is 29.5 Å². The van der Waals surface area contributed by atoms with Crippen molar-refractivity contribution in [1.29, 1.82) is 0 Å². The molecular formula is C21H21Cl4F3N2O3. The zero-order chi connectivity index (χ0) is 25.2. The maximum Gasteiger partial charge on any atom is 0.423 e. The third kappa shape index (κ3) is 7.20. The number of alkyl halides is 3. The smallest absolute Gasteiger partial charge is 0.423 e. The maximum atomic E-state index is 13.8. The molecule has 2 aromatic carbocycles. The fraction of sp³-hybridized carbons (Fsp3) is 0.381. The predicted molar refractivity (Wildman–Crippen MR) is 124 cm³/mol. The first-order valence-corrected chi connectivity index (χ1v) is 11.0. The molecule has 0 aliphatic heterocycles. The van der Waals surface area contributed by atoms with Crippen LogP contribution in [0.1, 0.15) is 31.9 Å². The quantitative estimate of drug-likeness (QED) is 0.335. The van der Waals surface area contributed by atoms with Gasteiger partial charge in [-0.15, -0.1) is 0 Å². The minimum Gasteiger partial charge on any atom is -0.444 e. The summed E-state index contributed by atoms with van der Waals surface area (Å²) in [6.07, 6.45) is -5.71. The van der Waals surface area contributed by atoms with E-state index < -0.39 is 35.6 Å². The standard InChI is InChI=1S/C21H21Cl4F3N2O3/c1-19(2,3)33-18(31)29-9-11-4-5-13(8-14(11)22)30-10-20(32,21(26,27)28)12-6-15(23)17(25)16(24)7-12/h4-8,30,32H,9-10H2,1-3H3,(H,29,31)/t20-/m0/s1. The van der Waals surface area contributed by atoms with Crippen LogP contribution in [0.4, 0.5) is 23.7 Å². The highest BCUT2D eigenvalue weighted by Crippen LogP contribution is 2.43. The second-order valence-corrected chi connectivity index (χ2v) is 9.73. The first-order valence-electron chi connectivity index (χ1n) is 9.47. The van der Waals surface area contributed by atoms with Gasteiger partial charge < -0.3 is 20.5 Å². The van der Waals surface area contributed by atoms with Crippen LogP contribution < -0.4 is 10.6 Å². The first kappa shape index (κ1) is 27.7. The highest BCUT2D eigenvalue weighted by molar-refractivity contribution is 6.48. The van der Waals surface area contributed by atoms with Gasteiger partial charge in [-0.05, 0) is 56.2 Å². The van der Waals surface area contributed by atoms with Crippen LogP contribution in [0.3, 0.4) is 0 Å². The summed E-state index contributed by atoms with van der Waals surface area (Å²) in [5.41, 5.74) is -3.86. The molecule has 0 saturated carbocycles. The number of benzene rings is 2. The number of anilines is 1. The summed E-state index contributed by atoms with van der Waals surface area (Å²) < 4.78 is 46.5. The molecule has 5 nitrogen and oxygen atoms in total. The number of nitrogens with one attached hydrogen (secondary N) is 2. The fourth-order valence-electron chi connectivity index (χ4n) is 2.67. The van der Waals surface area contributed by atoms with E-state index in [1.165, 1.54) is 18.2 Å². The molecular weight excluding hydrogens is 527 g/mol. The Bertz CT molecular complexity index is 1010. The monoisotopic (exact) mass is 546 g/mol. The molecule has 1 atom stereocenters. The lowest BCUT2D eigenvalue weighted by Crippen LogP contribution is -2.47. The van der Waals surface area contributed by atoms with Crippen LogP contribution in [0, 0.1) is 0 Å². The number of carbonyl (C=O) groups excluding carboxylic acids is 1. The Hall–Kier alpha value is -1.58. The Morgan fingerprint density at radius 3 is 2.06 bits per heavy atom. The highest BCUT2D eigenvalue weighted by Gasteiger charge is 2.55. The molecule has 0 spiro atoms. The van der Waals surface area contributed by atoms with Gasteiger partial charge in [0.25, 0.3) is 0 Å². The molecule has 2 aromatic rings. The molecule has 0 aliphatic carbocycles. The Morgan fingerprint density at radius 1 is 1.00 bits per heavy atom. The fourth-order valence-corrected chi connectivity index (χ4v) is 3.52. The van der Waals surface area contributed by atoms with Crippen LogP contribution >= 0.6 is 46.4 Å². The SMILES string of the molecule is CC(C)(C)OC(=O)NCc1ccc(NC[C@](O)(c2cc(Cl)c(Cl)c(Cl)c2)C(F)(F)F)cc1Cl. The van der Waals surface area contributed by atoms with Crippen LogP contribution in [0.15, 0.2) is 30.3 Å². The molecule has 0 fully saturated rings. The minimum absolute atomic E-state index is 0.0439. The van der Waals surface area contributed by atoms with E-state index in [0.29, 0.717) is 5.56 Å². The topological polar surface area (TPSA) is 70.6 Å². The molecule has 182 valence electrons. The molecule has 0 aromatic heterocycles. The highest BCUT2D eigenvalue weighted by atomic mass is 35.5. The second-order valence-electron chi connectivity index (χ2n) is 8.13. The lowest BCUT2D eigenvalue weighted by molar-refractivity contribution is -0.260. The zero-order valence-electron chi connectivity index (χ0n) is 17.7. The Morgan fingerprint density at radius 2 is 1.58 bits per heavy atom. The number of carbonyl (C=O) groups is 1. The Kier molecular flexibility index (Phi) is 8.68. The summed E-state index contributed by atoms with van der Waals surface area (Å²) in [5.74, 6) is 0. The number of amides is 1. The van der Waals surface area contributed by atoms with Crippen molar-refractivity contribution in [2.45, 2.75) is 44.7 Å². The minimum atomic E-state index is -5.07. The van der Waals surface area contributed by atoms with E-state index in [2.05, 4.69) is 10.6 Å². The number of aliphatic hydroxyl groups is 1. The number of hydrogen-bond acceptors (Lipinski definition) is 4. The van der Waals surface area contributed by atoms with Crippen molar-refractivity contribution in [1.82, 2.24) is 5.32 Å². The molecule has 0 bridgehead atoms. The molecule has 0 heterocycles. The van der Waals surface area contributed by atoms with Gasteiger partial charge in [-0.1, -0.05) is 52.5 Å². The summed E-state index contributed by atoms with van der Waals surface area (Å²) in [6, 6.07) is 6.15. The number of rotatable bonds is 6. The normalized spacial score (nSPS) is 13.9.